The molecule has 2 aromatic heterocycles. The summed E-state index contributed by atoms with van der Waals surface area (Å²) in [6.45, 7) is 1.95. The van der Waals surface area contributed by atoms with Gasteiger partial charge in [0.2, 0.25) is 0 Å². The van der Waals surface area contributed by atoms with Gasteiger partial charge in [-0.3, -0.25) is 9.78 Å². The number of carbonyl (C=O) groups excluding carboxylic acids is 1. The van der Waals surface area contributed by atoms with E-state index in [1.54, 1.807) is 31.6 Å². The van der Waals surface area contributed by atoms with Crippen LogP contribution in [0.1, 0.15) is 29.0 Å². The quantitative estimate of drug-likeness (QED) is 0.350. The van der Waals surface area contributed by atoms with Crippen LogP contribution in [0.3, 0.4) is 0 Å². The molecule has 0 saturated heterocycles. The molecule has 0 saturated carbocycles. The summed E-state index contributed by atoms with van der Waals surface area (Å²) in [6, 6.07) is 19.3. The van der Waals surface area contributed by atoms with Crippen molar-refractivity contribution in [2.45, 2.75) is 25.8 Å². The van der Waals surface area contributed by atoms with E-state index in [0.717, 1.165) is 54.2 Å². The van der Waals surface area contributed by atoms with Crippen LogP contribution in [0.5, 0.6) is 11.5 Å². The highest BCUT2D eigenvalue weighted by atomic mass is 16.5. The van der Waals surface area contributed by atoms with Crippen LogP contribution < -0.4 is 14.8 Å². The molecule has 4 rings (SSSR count). The van der Waals surface area contributed by atoms with Crippen molar-refractivity contribution in [1.82, 2.24) is 19.9 Å². The van der Waals surface area contributed by atoms with Crippen molar-refractivity contribution in [2.24, 2.45) is 0 Å². The van der Waals surface area contributed by atoms with Crippen LogP contribution in [0.2, 0.25) is 0 Å². The number of methoxy groups -OCH3 is 1. The molecule has 1 N–H and O–H groups in total. The normalized spacial score (nSPS) is 10.8. The Kier molecular flexibility index (Phi) is 7.53. The molecular weight excluding hydrogens is 416 g/mol. The first-order chi connectivity index (χ1) is 16.3. The number of carbonyl (C=O) groups is 1. The third-order valence-corrected chi connectivity index (χ3v) is 5.37. The predicted molar refractivity (Wildman–Crippen MR) is 128 cm³/mol. The second-order valence-corrected chi connectivity index (χ2v) is 7.62. The van der Waals surface area contributed by atoms with Crippen LogP contribution >= 0.6 is 0 Å². The minimum Gasteiger partial charge on any atom is -0.493 e. The first-order valence-corrected chi connectivity index (χ1v) is 11.1. The SMILES string of the molecule is COc1ccccc1OCCCn1c(CCCNC(=O)c2cccnc2)nc2ccccc21. The zero-order valence-corrected chi connectivity index (χ0v) is 18.7. The molecule has 0 fully saturated rings. The minimum absolute atomic E-state index is 0.106. The van der Waals surface area contributed by atoms with E-state index in [-0.39, 0.29) is 5.91 Å². The smallest absolute Gasteiger partial charge is 0.252 e. The molecule has 170 valence electrons. The van der Waals surface area contributed by atoms with Crippen molar-refractivity contribution < 1.29 is 14.3 Å². The number of imidazole rings is 1. The van der Waals surface area contributed by atoms with Crippen molar-refractivity contribution in [3.63, 3.8) is 0 Å². The molecule has 0 atom stereocenters. The average molecular weight is 445 g/mol. The molecule has 2 aromatic carbocycles. The van der Waals surface area contributed by atoms with Crippen molar-refractivity contribution >= 4 is 16.9 Å². The molecule has 0 aliphatic rings. The third kappa shape index (κ3) is 5.68. The summed E-state index contributed by atoms with van der Waals surface area (Å²) in [7, 11) is 1.64. The van der Waals surface area contributed by atoms with Gasteiger partial charge in [-0.05, 0) is 49.2 Å². The van der Waals surface area contributed by atoms with Gasteiger partial charge in [-0.2, -0.15) is 0 Å². The maximum atomic E-state index is 12.2. The summed E-state index contributed by atoms with van der Waals surface area (Å²) >= 11 is 0. The van der Waals surface area contributed by atoms with Gasteiger partial charge in [0.15, 0.2) is 11.5 Å². The van der Waals surface area contributed by atoms with Crippen LogP contribution in [0.4, 0.5) is 0 Å². The summed E-state index contributed by atoms with van der Waals surface area (Å²) in [5.74, 6) is 2.40. The van der Waals surface area contributed by atoms with Crippen LogP contribution in [-0.2, 0) is 13.0 Å². The Labute approximate surface area is 193 Å². The highest BCUT2D eigenvalue weighted by molar-refractivity contribution is 5.93. The van der Waals surface area contributed by atoms with Gasteiger partial charge in [-0.1, -0.05) is 24.3 Å². The fraction of sp³-hybridized carbons (Fsp3) is 0.269. The summed E-state index contributed by atoms with van der Waals surface area (Å²) < 4.78 is 13.5. The van der Waals surface area contributed by atoms with Crippen molar-refractivity contribution in [3.05, 3.63) is 84.4 Å². The highest BCUT2D eigenvalue weighted by Crippen LogP contribution is 2.26. The van der Waals surface area contributed by atoms with Gasteiger partial charge in [0.1, 0.15) is 5.82 Å². The summed E-state index contributed by atoms with van der Waals surface area (Å²) in [4.78, 5) is 21.0. The van der Waals surface area contributed by atoms with E-state index in [1.807, 2.05) is 42.5 Å². The van der Waals surface area contributed by atoms with Crippen LogP contribution in [-0.4, -0.2) is 40.7 Å². The number of ether oxygens (including phenoxy) is 2. The largest absolute Gasteiger partial charge is 0.493 e. The number of hydrogen-bond donors (Lipinski definition) is 1. The Morgan fingerprint density at radius 2 is 1.82 bits per heavy atom. The first kappa shape index (κ1) is 22.3. The Morgan fingerprint density at radius 3 is 2.64 bits per heavy atom. The van der Waals surface area contributed by atoms with Gasteiger partial charge in [-0.25, -0.2) is 4.98 Å². The van der Waals surface area contributed by atoms with E-state index < -0.39 is 0 Å². The number of aryl methyl sites for hydroxylation is 2. The van der Waals surface area contributed by atoms with Crippen LogP contribution in [0.15, 0.2) is 73.1 Å². The third-order valence-electron chi connectivity index (χ3n) is 5.37. The number of benzene rings is 2. The maximum absolute atomic E-state index is 12.2. The molecule has 0 aliphatic carbocycles. The number of amides is 1. The molecule has 0 bridgehead atoms. The van der Waals surface area contributed by atoms with E-state index in [4.69, 9.17) is 14.5 Å². The fourth-order valence-corrected chi connectivity index (χ4v) is 3.76. The standard InChI is InChI=1S/C26H28N4O3/c1-32-23-12-4-5-13-24(23)33-18-8-17-30-22-11-3-2-10-21(22)29-25(30)14-7-16-28-26(31)20-9-6-15-27-19-20/h2-6,9-13,15,19H,7-8,14,16-18H2,1H3,(H,28,31). The Bertz CT molecular complexity index is 1190. The second-order valence-electron chi connectivity index (χ2n) is 7.62. The first-order valence-electron chi connectivity index (χ1n) is 11.1. The van der Waals surface area contributed by atoms with E-state index >= 15 is 0 Å². The zero-order valence-electron chi connectivity index (χ0n) is 18.7. The lowest BCUT2D eigenvalue weighted by molar-refractivity contribution is 0.0952. The average Bonchev–Trinajstić information content (AvgIpc) is 3.22. The monoisotopic (exact) mass is 444 g/mol. The number of para-hydroxylation sites is 4. The van der Waals surface area contributed by atoms with E-state index in [0.29, 0.717) is 18.7 Å². The lowest BCUT2D eigenvalue weighted by atomic mass is 10.2. The molecular formula is C26H28N4O3. The molecule has 0 unspecified atom stereocenters. The van der Waals surface area contributed by atoms with Gasteiger partial charge >= 0.3 is 0 Å². The Hall–Kier alpha value is -3.87. The van der Waals surface area contributed by atoms with Gasteiger partial charge in [0.25, 0.3) is 5.91 Å². The number of fused-ring (bicyclic) bond motifs is 1. The lowest BCUT2D eigenvalue weighted by Gasteiger charge is -2.12. The maximum Gasteiger partial charge on any atom is 0.252 e. The van der Waals surface area contributed by atoms with Crippen LogP contribution in [0.25, 0.3) is 11.0 Å². The Balaban J connectivity index is 1.34. The predicted octanol–water partition coefficient (Wildman–Crippen LogP) is 4.27. The summed E-state index contributed by atoms with van der Waals surface area (Å²) in [5, 5.41) is 2.96. The fourth-order valence-electron chi connectivity index (χ4n) is 3.76. The number of nitrogens with one attached hydrogen (secondary N) is 1. The van der Waals surface area contributed by atoms with Crippen LogP contribution in [0, 0.1) is 0 Å². The van der Waals surface area contributed by atoms with Crippen molar-refractivity contribution in [1.29, 1.82) is 0 Å². The molecule has 2 heterocycles. The molecule has 7 heteroatoms. The molecule has 0 spiro atoms. The zero-order chi connectivity index (χ0) is 22.9. The lowest BCUT2D eigenvalue weighted by Crippen LogP contribution is -2.25. The molecule has 7 nitrogen and oxygen atoms in total. The molecule has 0 aliphatic heterocycles. The molecule has 4 aromatic rings. The van der Waals surface area contributed by atoms with Gasteiger partial charge < -0.3 is 19.4 Å². The second kappa shape index (κ2) is 11.1. The summed E-state index contributed by atoms with van der Waals surface area (Å²) in [5.41, 5.74) is 2.67. The summed E-state index contributed by atoms with van der Waals surface area (Å²) in [6.07, 6.45) is 5.63. The Morgan fingerprint density at radius 1 is 1.00 bits per heavy atom. The molecule has 0 radical (unpaired) electrons. The topological polar surface area (TPSA) is 78.3 Å². The highest BCUT2D eigenvalue weighted by Gasteiger charge is 2.11. The van der Waals surface area contributed by atoms with E-state index in [9.17, 15) is 4.79 Å². The van der Waals surface area contributed by atoms with Crippen molar-refractivity contribution in [3.8, 4) is 11.5 Å². The number of nitrogens with zero attached hydrogens (tertiary/aromatic N) is 3. The molecule has 1 amide bonds. The number of rotatable bonds is 11. The number of aromatic nitrogens is 3. The van der Waals surface area contributed by atoms with Gasteiger partial charge in [0.05, 0.1) is 30.3 Å². The van der Waals surface area contributed by atoms with E-state index in [1.165, 1.54) is 0 Å². The van der Waals surface area contributed by atoms with Gasteiger partial charge in [0, 0.05) is 31.9 Å². The van der Waals surface area contributed by atoms with Gasteiger partial charge in [-0.15, -0.1) is 0 Å². The van der Waals surface area contributed by atoms with Crippen molar-refractivity contribution in [2.75, 3.05) is 20.3 Å². The molecule has 33 heavy (non-hydrogen) atoms. The minimum atomic E-state index is -0.106. The number of hydrogen-bond acceptors (Lipinski definition) is 5. The van der Waals surface area contributed by atoms with E-state index in [2.05, 4.69) is 20.9 Å². The number of pyridine rings is 1.